The van der Waals surface area contributed by atoms with Gasteiger partial charge in [-0.05, 0) is 54.7 Å². The van der Waals surface area contributed by atoms with Crippen LogP contribution >= 0.6 is 11.6 Å². The van der Waals surface area contributed by atoms with Gasteiger partial charge < -0.3 is 4.90 Å². The van der Waals surface area contributed by atoms with Gasteiger partial charge in [0.15, 0.2) is 0 Å². The van der Waals surface area contributed by atoms with Gasteiger partial charge in [0.1, 0.15) is 10.7 Å². The van der Waals surface area contributed by atoms with Crippen LogP contribution in [0.15, 0.2) is 47.4 Å². The van der Waals surface area contributed by atoms with Gasteiger partial charge in [-0.15, -0.1) is 0 Å². The van der Waals surface area contributed by atoms with Crippen molar-refractivity contribution in [2.24, 2.45) is 5.92 Å². The van der Waals surface area contributed by atoms with Gasteiger partial charge in [-0.25, -0.2) is 12.8 Å². The molecule has 8 heteroatoms. The van der Waals surface area contributed by atoms with Gasteiger partial charge >= 0.3 is 0 Å². The van der Waals surface area contributed by atoms with Crippen LogP contribution in [-0.4, -0.2) is 43.7 Å². The Morgan fingerprint density at radius 3 is 2.59 bits per heavy atom. The van der Waals surface area contributed by atoms with Crippen LogP contribution in [-0.2, 0) is 16.6 Å². The maximum absolute atomic E-state index is 13.1. The Morgan fingerprint density at radius 1 is 1.24 bits per heavy atom. The molecule has 3 rings (SSSR count). The summed E-state index contributed by atoms with van der Waals surface area (Å²) >= 11 is 6.20. The molecule has 1 amide bonds. The monoisotopic (exact) mass is 438 g/mol. The van der Waals surface area contributed by atoms with Crippen LogP contribution in [0.25, 0.3) is 0 Å². The highest BCUT2D eigenvalue weighted by atomic mass is 35.5. The molecule has 5 nitrogen and oxygen atoms in total. The van der Waals surface area contributed by atoms with Crippen molar-refractivity contribution in [3.05, 3.63) is 64.4 Å². The maximum atomic E-state index is 13.1. The highest BCUT2D eigenvalue weighted by Gasteiger charge is 2.31. The Labute approximate surface area is 176 Å². The maximum Gasteiger partial charge on any atom is 0.253 e. The Bertz CT molecular complexity index is 995. The van der Waals surface area contributed by atoms with Crippen LogP contribution < -0.4 is 0 Å². The van der Waals surface area contributed by atoms with E-state index in [0.29, 0.717) is 13.1 Å². The van der Waals surface area contributed by atoms with E-state index in [1.807, 2.05) is 6.92 Å². The smallest absolute Gasteiger partial charge is 0.253 e. The van der Waals surface area contributed by atoms with Crippen LogP contribution in [0.1, 0.15) is 35.7 Å². The van der Waals surface area contributed by atoms with Gasteiger partial charge in [-0.3, -0.25) is 4.79 Å². The summed E-state index contributed by atoms with van der Waals surface area (Å²) in [6.45, 7) is 3.19. The van der Waals surface area contributed by atoms with Crippen LogP contribution in [0.4, 0.5) is 4.39 Å². The molecule has 156 valence electrons. The molecule has 1 aliphatic heterocycles. The first-order valence-electron chi connectivity index (χ1n) is 9.48. The molecule has 1 aliphatic rings. The van der Waals surface area contributed by atoms with Crippen LogP contribution in [0.3, 0.4) is 0 Å². The minimum atomic E-state index is -3.78. The summed E-state index contributed by atoms with van der Waals surface area (Å²) in [5.41, 5.74) is 1.01. The van der Waals surface area contributed by atoms with Crippen molar-refractivity contribution in [2.75, 3.05) is 20.1 Å². The second-order valence-electron chi connectivity index (χ2n) is 7.54. The van der Waals surface area contributed by atoms with Crippen molar-refractivity contribution in [3.63, 3.8) is 0 Å². The summed E-state index contributed by atoms with van der Waals surface area (Å²) in [4.78, 5) is 14.2. The SMILES string of the molecule is CC1CCCN(S(=O)(=O)c2cc(C(=O)N(C)Cc3ccc(F)cc3)ccc2Cl)C1. The zero-order valence-corrected chi connectivity index (χ0v) is 18.0. The minimum Gasteiger partial charge on any atom is -0.337 e. The normalized spacial score (nSPS) is 17.9. The fourth-order valence-electron chi connectivity index (χ4n) is 3.49. The highest BCUT2D eigenvalue weighted by Crippen LogP contribution is 2.29. The molecule has 0 aliphatic carbocycles. The molecule has 1 unspecified atom stereocenters. The third-order valence-electron chi connectivity index (χ3n) is 5.10. The fourth-order valence-corrected chi connectivity index (χ4v) is 5.59. The standard InChI is InChI=1S/C21H24ClFN2O3S/c1-15-4-3-11-25(13-15)29(27,28)20-12-17(7-10-19(20)22)21(26)24(2)14-16-5-8-18(23)9-6-16/h5-10,12,15H,3-4,11,13-14H2,1-2H3. The van der Waals surface area contributed by atoms with E-state index in [2.05, 4.69) is 0 Å². The summed E-state index contributed by atoms with van der Waals surface area (Å²) in [5, 5.41) is 0.0981. The van der Waals surface area contributed by atoms with Crippen LogP contribution in [0.2, 0.25) is 5.02 Å². The van der Waals surface area contributed by atoms with E-state index in [1.165, 1.54) is 39.5 Å². The van der Waals surface area contributed by atoms with Crippen molar-refractivity contribution in [1.82, 2.24) is 9.21 Å². The number of nitrogens with zero attached hydrogens (tertiary/aromatic N) is 2. The number of halogens is 2. The largest absolute Gasteiger partial charge is 0.337 e. The molecule has 0 bridgehead atoms. The van der Waals surface area contributed by atoms with Gasteiger partial charge in [0.25, 0.3) is 5.91 Å². The third kappa shape index (κ3) is 4.97. The lowest BCUT2D eigenvalue weighted by atomic mass is 10.0. The summed E-state index contributed by atoms with van der Waals surface area (Å²) in [5.74, 6) is -0.402. The molecule has 0 saturated carbocycles. The number of carbonyl (C=O) groups is 1. The number of hydrogen-bond donors (Lipinski definition) is 0. The zero-order chi connectivity index (χ0) is 21.2. The average molecular weight is 439 g/mol. The Kier molecular flexibility index (Phi) is 6.61. The third-order valence-corrected chi connectivity index (χ3v) is 7.44. The molecule has 0 N–H and O–H groups in total. The van der Waals surface area contributed by atoms with E-state index < -0.39 is 10.0 Å². The van der Waals surface area contributed by atoms with Crippen molar-refractivity contribution in [1.29, 1.82) is 0 Å². The predicted molar refractivity (Wildman–Crippen MR) is 111 cm³/mol. The number of carbonyl (C=O) groups excluding carboxylic acids is 1. The van der Waals surface area contributed by atoms with Crippen molar-refractivity contribution >= 4 is 27.5 Å². The Balaban J connectivity index is 1.84. The summed E-state index contributed by atoms with van der Waals surface area (Å²) in [6, 6.07) is 10.2. The van der Waals surface area contributed by atoms with E-state index in [4.69, 9.17) is 11.6 Å². The molecule has 1 fully saturated rings. The zero-order valence-electron chi connectivity index (χ0n) is 16.4. The van der Waals surface area contributed by atoms with Gasteiger partial charge in [0, 0.05) is 32.2 Å². The molecule has 0 radical (unpaired) electrons. The Morgan fingerprint density at radius 2 is 1.93 bits per heavy atom. The number of piperidine rings is 1. The van der Waals surface area contributed by atoms with Crippen molar-refractivity contribution in [3.8, 4) is 0 Å². The molecular formula is C21H24ClFN2O3S. The van der Waals surface area contributed by atoms with Crippen molar-refractivity contribution < 1.29 is 17.6 Å². The Hall–Kier alpha value is -1.96. The van der Waals surface area contributed by atoms with Crippen molar-refractivity contribution in [2.45, 2.75) is 31.2 Å². The molecule has 0 spiro atoms. The number of benzene rings is 2. The molecular weight excluding hydrogens is 415 g/mol. The number of rotatable bonds is 5. The highest BCUT2D eigenvalue weighted by molar-refractivity contribution is 7.89. The van der Waals surface area contributed by atoms with Gasteiger partial charge in [0.05, 0.1) is 5.02 Å². The second-order valence-corrected chi connectivity index (χ2v) is 9.86. The molecule has 2 aromatic carbocycles. The van der Waals surface area contributed by atoms with E-state index in [9.17, 15) is 17.6 Å². The van der Waals surface area contributed by atoms with Gasteiger partial charge in [0.2, 0.25) is 10.0 Å². The molecule has 29 heavy (non-hydrogen) atoms. The minimum absolute atomic E-state index is 0.0469. The second kappa shape index (κ2) is 8.81. The summed E-state index contributed by atoms with van der Waals surface area (Å²) < 4.78 is 40.7. The lowest BCUT2D eigenvalue weighted by molar-refractivity contribution is 0.0785. The summed E-state index contributed by atoms with van der Waals surface area (Å²) in [6.07, 6.45) is 1.80. The van der Waals surface area contributed by atoms with Gasteiger partial charge in [-0.2, -0.15) is 4.31 Å². The number of hydrogen-bond acceptors (Lipinski definition) is 3. The van der Waals surface area contributed by atoms with E-state index in [0.717, 1.165) is 18.4 Å². The first-order valence-corrected chi connectivity index (χ1v) is 11.3. The van der Waals surface area contributed by atoms with Crippen LogP contribution in [0, 0.1) is 11.7 Å². The molecule has 2 aromatic rings. The lowest BCUT2D eigenvalue weighted by Crippen LogP contribution is -2.39. The fraction of sp³-hybridized carbons (Fsp3) is 0.381. The van der Waals surface area contributed by atoms with Gasteiger partial charge in [-0.1, -0.05) is 30.7 Å². The average Bonchev–Trinajstić information content (AvgIpc) is 2.69. The van der Waals surface area contributed by atoms with E-state index >= 15 is 0 Å². The topological polar surface area (TPSA) is 57.7 Å². The van der Waals surface area contributed by atoms with E-state index in [-0.39, 0.29) is 39.7 Å². The summed E-state index contributed by atoms with van der Waals surface area (Å²) in [7, 11) is -2.17. The number of sulfonamides is 1. The molecule has 1 atom stereocenters. The molecule has 0 aromatic heterocycles. The van der Waals surface area contributed by atoms with Crippen LogP contribution in [0.5, 0.6) is 0 Å². The van der Waals surface area contributed by atoms with E-state index in [1.54, 1.807) is 19.2 Å². The molecule has 1 heterocycles. The quantitative estimate of drug-likeness (QED) is 0.703. The molecule has 1 saturated heterocycles. The predicted octanol–water partition coefficient (Wildman–Crippen LogP) is 4.17. The first-order chi connectivity index (χ1) is 13.7. The first kappa shape index (κ1) is 21.7. The number of amides is 1. The lowest BCUT2D eigenvalue weighted by Gasteiger charge is -2.30.